The van der Waals surface area contributed by atoms with E-state index in [-0.39, 0.29) is 0 Å². The molecule has 2 rings (SSSR count). The average molecular weight is 346 g/mol. The van der Waals surface area contributed by atoms with E-state index in [1.807, 2.05) is 25.1 Å². The van der Waals surface area contributed by atoms with E-state index < -0.39 is 0 Å². The van der Waals surface area contributed by atoms with E-state index in [1.54, 1.807) is 12.1 Å². The standard InChI is InChI=1S/C13H11BrCl2N2/c1-7-4-9(14)13(6-10(7)15)18-12-3-2-8(17)5-11(12)16/h2-6,18H,17H2,1H3. The second kappa shape index (κ2) is 5.39. The minimum Gasteiger partial charge on any atom is -0.399 e. The van der Waals surface area contributed by atoms with Crippen molar-refractivity contribution >= 4 is 56.2 Å². The zero-order valence-corrected chi connectivity index (χ0v) is 12.7. The van der Waals surface area contributed by atoms with Gasteiger partial charge in [-0.2, -0.15) is 0 Å². The molecule has 2 nitrogen and oxygen atoms in total. The molecule has 2 aromatic carbocycles. The molecule has 0 atom stereocenters. The summed E-state index contributed by atoms with van der Waals surface area (Å²) in [4.78, 5) is 0. The summed E-state index contributed by atoms with van der Waals surface area (Å²) in [6, 6.07) is 9.13. The van der Waals surface area contributed by atoms with Crippen molar-refractivity contribution in [2.75, 3.05) is 11.1 Å². The van der Waals surface area contributed by atoms with Crippen LogP contribution in [0.3, 0.4) is 0 Å². The molecule has 0 radical (unpaired) electrons. The second-order valence-corrected chi connectivity index (χ2v) is 5.61. The first-order valence-electron chi connectivity index (χ1n) is 5.25. The predicted molar refractivity (Wildman–Crippen MR) is 83.0 cm³/mol. The average Bonchev–Trinajstić information content (AvgIpc) is 2.29. The van der Waals surface area contributed by atoms with Gasteiger partial charge in [-0.25, -0.2) is 0 Å². The van der Waals surface area contributed by atoms with Gasteiger partial charge in [0.25, 0.3) is 0 Å². The molecule has 0 spiro atoms. The van der Waals surface area contributed by atoms with Crippen LogP contribution in [-0.2, 0) is 0 Å². The summed E-state index contributed by atoms with van der Waals surface area (Å²) in [5, 5.41) is 4.49. The first kappa shape index (κ1) is 13.5. The van der Waals surface area contributed by atoms with Gasteiger partial charge in [0, 0.05) is 15.2 Å². The second-order valence-electron chi connectivity index (χ2n) is 3.95. The van der Waals surface area contributed by atoms with Gasteiger partial charge in [-0.1, -0.05) is 23.2 Å². The highest BCUT2D eigenvalue weighted by Crippen LogP contribution is 2.34. The Balaban J connectivity index is 2.37. The molecule has 0 saturated carbocycles. The molecule has 0 bridgehead atoms. The van der Waals surface area contributed by atoms with Gasteiger partial charge < -0.3 is 11.1 Å². The summed E-state index contributed by atoms with van der Waals surface area (Å²) < 4.78 is 0.928. The molecule has 0 saturated heterocycles. The smallest absolute Gasteiger partial charge is 0.0661 e. The molecule has 5 heteroatoms. The zero-order chi connectivity index (χ0) is 13.3. The van der Waals surface area contributed by atoms with Crippen LogP contribution < -0.4 is 11.1 Å². The minimum absolute atomic E-state index is 0.568. The number of nitrogen functional groups attached to an aromatic ring is 1. The van der Waals surface area contributed by atoms with Crippen molar-refractivity contribution in [3.05, 3.63) is 50.4 Å². The number of hydrogen-bond acceptors (Lipinski definition) is 2. The fourth-order valence-electron chi connectivity index (χ4n) is 1.52. The molecule has 0 aromatic heterocycles. The molecule has 3 N–H and O–H groups in total. The lowest BCUT2D eigenvalue weighted by Crippen LogP contribution is -1.94. The highest BCUT2D eigenvalue weighted by molar-refractivity contribution is 9.10. The maximum Gasteiger partial charge on any atom is 0.0661 e. The van der Waals surface area contributed by atoms with Crippen LogP contribution in [-0.4, -0.2) is 0 Å². The molecular weight excluding hydrogens is 335 g/mol. The van der Waals surface area contributed by atoms with Crippen molar-refractivity contribution in [1.82, 2.24) is 0 Å². The number of benzene rings is 2. The van der Waals surface area contributed by atoms with E-state index >= 15 is 0 Å². The van der Waals surface area contributed by atoms with Crippen LogP contribution >= 0.6 is 39.1 Å². The first-order chi connectivity index (χ1) is 8.47. The summed E-state index contributed by atoms with van der Waals surface area (Å²) in [5.74, 6) is 0. The molecule has 0 fully saturated rings. The van der Waals surface area contributed by atoms with Gasteiger partial charge in [-0.05, 0) is 58.7 Å². The van der Waals surface area contributed by atoms with E-state index in [1.165, 1.54) is 0 Å². The van der Waals surface area contributed by atoms with Crippen LogP contribution in [0.1, 0.15) is 5.56 Å². The molecule has 18 heavy (non-hydrogen) atoms. The highest BCUT2D eigenvalue weighted by Gasteiger charge is 2.07. The molecular formula is C13H11BrCl2N2. The molecule has 0 aliphatic carbocycles. The number of hydrogen-bond donors (Lipinski definition) is 2. The predicted octanol–water partition coefficient (Wildman–Crippen LogP) is 5.39. The third-order valence-corrected chi connectivity index (χ3v) is 3.89. The summed E-state index contributed by atoms with van der Waals surface area (Å²) in [6.45, 7) is 1.95. The molecule has 0 aliphatic rings. The molecule has 0 heterocycles. The van der Waals surface area contributed by atoms with Crippen molar-refractivity contribution in [1.29, 1.82) is 0 Å². The monoisotopic (exact) mass is 344 g/mol. The van der Waals surface area contributed by atoms with Crippen LogP contribution in [0.15, 0.2) is 34.8 Å². The maximum absolute atomic E-state index is 6.11. The van der Waals surface area contributed by atoms with Crippen LogP contribution in [0.25, 0.3) is 0 Å². The van der Waals surface area contributed by atoms with Crippen molar-refractivity contribution in [3.8, 4) is 0 Å². The summed E-state index contributed by atoms with van der Waals surface area (Å²) in [5.41, 5.74) is 8.94. The van der Waals surface area contributed by atoms with Gasteiger partial charge >= 0.3 is 0 Å². The van der Waals surface area contributed by atoms with E-state index in [0.29, 0.717) is 15.7 Å². The Morgan fingerprint density at radius 3 is 2.44 bits per heavy atom. The van der Waals surface area contributed by atoms with Crippen molar-refractivity contribution in [2.45, 2.75) is 6.92 Å². The van der Waals surface area contributed by atoms with E-state index in [9.17, 15) is 0 Å². The van der Waals surface area contributed by atoms with Crippen molar-refractivity contribution in [3.63, 3.8) is 0 Å². The Morgan fingerprint density at radius 2 is 1.78 bits per heavy atom. The van der Waals surface area contributed by atoms with E-state index in [2.05, 4.69) is 21.2 Å². The molecule has 2 aromatic rings. The van der Waals surface area contributed by atoms with Gasteiger partial charge in [-0.3, -0.25) is 0 Å². The summed E-state index contributed by atoms with van der Waals surface area (Å²) in [7, 11) is 0. The fourth-order valence-corrected chi connectivity index (χ4v) is 2.48. The van der Waals surface area contributed by atoms with Crippen LogP contribution in [0.5, 0.6) is 0 Å². The number of halogens is 3. The normalized spacial score (nSPS) is 10.4. The minimum atomic E-state index is 0.568. The lowest BCUT2D eigenvalue weighted by atomic mass is 10.2. The Bertz CT molecular complexity index is 600. The van der Waals surface area contributed by atoms with Crippen LogP contribution in [0, 0.1) is 6.92 Å². The van der Waals surface area contributed by atoms with Crippen LogP contribution in [0.2, 0.25) is 10.0 Å². The Hall–Kier alpha value is -0.900. The lowest BCUT2D eigenvalue weighted by molar-refractivity contribution is 1.43. The topological polar surface area (TPSA) is 38.0 Å². The molecule has 94 valence electrons. The first-order valence-corrected chi connectivity index (χ1v) is 6.80. The summed E-state index contributed by atoms with van der Waals surface area (Å²) >= 11 is 15.7. The molecule has 0 aliphatic heterocycles. The Labute approximate surface area is 124 Å². The van der Waals surface area contributed by atoms with Gasteiger partial charge in [0.05, 0.1) is 16.4 Å². The molecule has 0 amide bonds. The molecule has 0 unspecified atom stereocenters. The summed E-state index contributed by atoms with van der Waals surface area (Å²) in [6.07, 6.45) is 0. The van der Waals surface area contributed by atoms with Crippen LogP contribution in [0.4, 0.5) is 17.1 Å². The SMILES string of the molecule is Cc1cc(Br)c(Nc2ccc(N)cc2Cl)cc1Cl. The van der Waals surface area contributed by atoms with Crippen molar-refractivity contribution in [2.24, 2.45) is 0 Å². The fraction of sp³-hybridized carbons (Fsp3) is 0.0769. The quantitative estimate of drug-likeness (QED) is 0.716. The van der Waals surface area contributed by atoms with Gasteiger partial charge in [0.2, 0.25) is 0 Å². The number of anilines is 3. The maximum atomic E-state index is 6.11. The number of rotatable bonds is 2. The largest absolute Gasteiger partial charge is 0.399 e. The highest BCUT2D eigenvalue weighted by atomic mass is 79.9. The van der Waals surface area contributed by atoms with E-state index in [4.69, 9.17) is 28.9 Å². The Morgan fingerprint density at radius 1 is 1.06 bits per heavy atom. The third-order valence-electron chi connectivity index (χ3n) is 2.51. The van der Waals surface area contributed by atoms with Gasteiger partial charge in [0.15, 0.2) is 0 Å². The zero-order valence-electron chi connectivity index (χ0n) is 9.60. The number of nitrogens with one attached hydrogen (secondary N) is 1. The van der Waals surface area contributed by atoms with Gasteiger partial charge in [-0.15, -0.1) is 0 Å². The van der Waals surface area contributed by atoms with E-state index in [0.717, 1.165) is 21.4 Å². The lowest BCUT2D eigenvalue weighted by Gasteiger charge is -2.12. The Kier molecular flexibility index (Phi) is 4.05. The third kappa shape index (κ3) is 2.91. The number of aryl methyl sites for hydroxylation is 1. The van der Waals surface area contributed by atoms with Gasteiger partial charge in [0.1, 0.15) is 0 Å². The van der Waals surface area contributed by atoms with Crippen molar-refractivity contribution < 1.29 is 0 Å². The number of nitrogens with two attached hydrogens (primary N) is 1.